The van der Waals surface area contributed by atoms with E-state index in [0.717, 1.165) is 18.0 Å². The summed E-state index contributed by atoms with van der Waals surface area (Å²) in [6.07, 6.45) is 5.49. The molecule has 1 N–H and O–H groups in total. The molecule has 3 atom stereocenters. The number of carbonyl (C=O) groups is 2. The monoisotopic (exact) mass is 343 g/mol. The lowest BCUT2D eigenvalue weighted by molar-refractivity contribution is -0.148. The molecule has 3 rings (SSSR count). The van der Waals surface area contributed by atoms with E-state index in [1.807, 2.05) is 24.3 Å². The van der Waals surface area contributed by atoms with Crippen molar-refractivity contribution in [2.75, 3.05) is 11.9 Å². The standard InChI is InChI=1S/C21H29NO3/c1-21(2,3)17-6-8-18(9-7-17)22-19(23)13-25-20(24)12-16-11-14-4-5-15(16)10-14/h6-9,14-16H,4-5,10-13H2,1-3H3,(H,22,23)/t14-,15+,16-/m0/s1. The number of esters is 1. The summed E-state index contributed by atoms with van der Waals surface area (Å²) in [4.78, 5) is 24.0. The summed E-state index contributed by atoms with van der Waals surface area (Å²) in [5.74, 6) is 1.47. The Morgan fingerprint density at radius 1 is 1.12 bits per heavy atom. The molecule has 2 aliphatic carbocycles. The molecule has 2 fully saturated rings. The number of nitrogens with one attached hydrogen (secondary N) is 1. The van der Waals surface area contributed by atoms with Crippen molar-refractivity contribution < 1.29 is 14.3 Å². The number of carbonyl (C=O) groups excluding carboxylic acids is 2. The predicted octanol–water partition coefficient (Wildman–Crippen LogP) is 4.29. The fourth-order valence-electron chi connectivity index (χ4n) is 4.30. The number of fused-ring (bicyclic) bond motifs is 2. The van der Waals surface area contributed by atoms with Crippen molar-refractivity contribution in [1.82, 2.24) is 0 Å². The summed E-state index contributed by atoms with van der Waals surface area (Å²) in [5, 5.41) is 2.78. The molecule has 0 radical (unpaired) electrons. The summed E-state index contributed by atoms with van der Waals surface area (Å²) in [5.41, 5.74) is 2.02. The molecule has 0 heterocycles. The number of rotatable bonds is 5. The van der Waals surface area contributed by atoms with Gasteiger partial charge in [0, 0.05) is 12.1 Å². The highest BCUT2D eigenvalue weighted by Crippen LogP contribution is 2.49. The van der Waals surface area contributed by atoms with Crippen LogP contribution in [0.25, 0.3) is 0 Å². The van der Waals surface area contributed by atoms with Gasteiger partial charge in [0.05, 0.1) is 0 Å². The minimum absolute atomic E-state index is 0.0811. The zero-order chi connectivity index (χ0) is 18.0. The van der Waals surface area contributed by atoms with Crippen molar-refractivity contribution >= 4 is 17.6 Å². The number of ether oxygens (including phenoxy) is 1. The Hall–Kier alpha value is -1.84. The smallest absolute Gasteiger partial charge is 0.306 e. The summed E-state index contributed by atoms with van der Waals surface area (Å²) < 4.78 is 5.17. The van der Waals surface area contributed by atoms with Gasteiger partial charge in [0.25, 0.3) is 5.91 Å². The number of hydrogen-bond donors (Lipinski definition) is 1. The van der Waals surface area contributed by atoms with E-state index in [0.29, 0.717) is 18.3 Å². The zero-order valence-electron chi connectivity index (χ0n) is 15.5. The van der Waals surface area contributed by atoms with E-state index in [9.17, 15) is 9.59 Å². The molecule has 0 spiro atoms. The molecule has 0 unspecified atom stereocenters. The Bertz CT molecular complexity index is 630. The summed E-state index contributed by atoms with van der Waals surface area (Å²) in [7, 11) is 0. The van der Waals surface area contributed by atoms with Gasteiger partial charge >= 0.3 is 5.97 Å². The third-order valence-electron chi connectivity index (χ3n) is 5.71. The highest BCUT2D eigenvalue weighted by atomic mass is 16.5. The fourth-order valence-corrected chi connectivity index (χ4v) is 4.30. The predicted molar refractivity (Wildman–Crippen MR) is 98.3 cm³/mol. The van der Waals surface area contributed by atoms with Crippen molar-refractivity contribution in [2.24, 2.45) is 17.8 Å². The van der Waals surface area contributed by atoms with Gasteiger partial charge < -0.3 is 10.1 Å². The minimum Gasteiger partial charge on any atom is -0.456 e. The molecule has 2 bridgehead atoms. The Balaban J connectivity index is 1.41. The maximum Gasteiger partial charge on any atom is 0.306 e. The van der Waals surface area contributed by atoms with Crippen LogP contribution in [-0.2, 0) is 19.7 Å². The molecule has 0 aromatic heterocycles. The first-order valence-electron chi connectivity index (χ1n) is 9.37. The van der Waals surface area contributed by atoms with E-state index in [4.69, 9.17) is 4.74 Å². The number of hydrogen-bond acceptors (Lipinski definition) is 3. The SMILES string of the molecule is CC(C)(C)c1ccc(NC(=O)COC(=O)C[C@@H]2C[C@H]3CC[C@@H]2C3)cc1. The van der Waals surface area contributed by atoms with Gasteiger partial charge in [-0.25, -0.2) is 0 Å². The molecular formula is C21H29NO3. The Morgan fingerprint density at radius 2 is 1.84 bits per heavy atom. The number of amides is 1. The highest BCUT2D eigenvalue weighted by Gasteiger charge is 2.40. The normalized spacial score (nSPS) is 25.0. The largest absolute Gasteiger partial charge is 0.456 e. The molecule has 0 saturated heterocycles. The van der Waals surface area contributed by atoms with E-state index in [-0.39, 0.29) is 23.9 Å². The highest BCUT2D eigenvalue weighted by molar-refractivity contribution is 5.92. The van der Waals surface area contributed by atoms with E-state index >= 15 is 0 Å². The van der Waals surface area contributed by atoms with Gasteiger partial charge in [-0.15, -0.1) is 0 Å². The lowest BCUT2D eigenvalue weighted by Gasteiger charge is -2.20. The van der Waals surface area contributed by atoms with Gasteiger partial charge in [0.2, 0.25) is 0 Å². The van der Waals surface area contributed by atoms with E-state index < -0.39 is 0 Å². The lowest BCUT2D eigenvalue weighted by Crippen LogP contribution is -2.23. The second-order valence-corrected chi connectivity index (χ2v) is 8.68. The van der Waals surface area contributed by atoms with Gasteiger partial charge in [-0.1, -0.05) is 39.3 Å². The molecule has 4 heteroatoms. The van der Waals surface area contributed by atoms with Crippen LogP contribution < -0.4 is 5.32 Å². The molecule has 1 aromatic rings. The lowest BCUT2D eigenvalue weighted by atomic mass is 9.86. The molecule has 4 nitrogen and oxygen atoms in total. The first kappa shape index (κ1) is 18.0. The first-order valence-corrected chi connectivity index (χ1v) is 9.37. The van der Waals surface area contributed by atoms with Crippen LogP contribution in [0.2, 0.25) is 0 Å². The topological polar surface area (TPSA) is 55.4 Å². The van der Waals surface area contributed by atoms with Gasteiger partial charge in [0.15, 0.2) is 6.61 Å². The fraction of sp³-hybridized carbons (Fsp3) is 0.619. The molecule has 1 amide bonds. The molecule has 1 aromatic carbocycles. The average Bonchev–Trinajstić information content (AvgIpc) is 3.15. The molecule has 2 saturated carbocycles. The Morgan fingerprint density at radius 3 is 2.40 bits per heavy atom. The van der Waals surface area contributed by atoms with Crippen molar-refractivity contribution in [3.05, 3.63) is 29.8 Å². The maximum absolute atomic E-state index is 12.0. The maximum atomic E-state index is 12.0. The van der Waals surface area contributed by atoms with Crippen LogP contribution in [-0.4, -0.2) is 18.5 Å². The molecule has 25 heavy (non-hydrogen) atoms. The molecular weight excluding hydrogens is 314 g/mol. The Labute approximate surface area is 150 Å². The minimum atomic E-state index is -0.287. The van der Waals surface area contributed by atoms with Crippen LogP contribution in [0.5, 0.6) is 0 Å². The molecule has 2 aliphatic rings. The number of benzene rings is 1. The van der Waals surface area contributed by atoms with Crippen molar-refractivity contribution in [1.29, 1.82) is 0 Å². The van der Waals surface area contributed by atoms with Crippen LogP contribution >= 0.6 is 0 Å². The van der Waals surface area contributed by atoms with E-state index in [2.05, 4.69) is 26.1 Å². The summed E-state index contributed by atoms with van der Waals surface area (Å²) in [6.45, 7) is 6.24. The third kappa shape index (κ3) is 4.62. The van der Waals surface area contributed by atoms with Crippen molar-refractivity contribution in [3.63, 3.8) is 0 Å². The van der Waals surface area contributed by atoms with Crippen LogP contribution in [0.15, 0.2) is 24.3 Å². The average molecular weight is 343 g/mol. The second-order valence-electron chi connectivity index (χ2n) is 8.68. The second kappa shape index (κ2) is 7.19. The summed E-state index contributed by atoms with van der Waals surface area (Å²) in [6, 6.07) is 7.79. The van der Waals surface area contributed by atoms with Crippen LogP contribution in [0.3, 0.4) is 0 Å². The van der Waals surface area contributed by atoms with Crippen LogP contribution in [0, 0.1) is 17.8 Å². The zero-order valence-corrected chi connectivity index (χ0v) is 15.5. The number of anilines is 1. The van der Waals surface area contributed by atoms with Gasteiger partial charge in [-0.3, -0.25) is 9.59 Å². The van der Waals surface area contributed by atoms with Gasteiger partial charge in [-0.05, 0) is 60.1 Å². The van der Waals surface area contributed by atoms with Gasteiger partial charge in [0.1, 0.15) is 0 Å². The van der Waals surface area contributed by atoms with Crippen LogP contribution in [0.1, 0.15) is 58.4 Å². The van der Waals surface area contributed by atoms with E-state index in [1.165, 1.54) is 24.8 Å². The summed E-state index contributed by atoms with van der Waals surface area (Å²) >= 11 is 0. The van der Waals surface area contributed by atoms with Crippen molar-refractivity contribution in [2.45, 2.75) is 58.3 Å². The molecule has 0 aliphatic heterocycles. The molecule has 136 valence electrons. The Kier molecular flexibility index (Phi) is 5.16. The van der Waals surface area contributed by atoms with Crippen molar-refractivity contribution in [3.8, 4) is 0 Å². The quantitative estimate of drug-likeness (QED) is 0.811. The van der Waals surface area contributed by atoms with Gasteiger partial charge in [-0.2, -0.15) is 0 Å². The van der Waals surface area contributed by atoms with Crippen LogP contribution in [0.4, 0.5) is 5.69 Å². The van der Waals surface area contributed by atoms with E-state index in [1.54, 1.807) is 0 Å². The first-order chi connectivity index (χ1) is 11.8. The third-order valence-corrected chi connectivity index (χ3v) is 5.71.